The Morgan fingerprint density at radius 2 is 1.95 bits per heavy atom. The van der Waals surface area contributed by atoms with Gasteiger partial charge in [-0.15, -0.1) is 0 Å². The van der Waals surface area contributed by atoms with E-state index in [1.54, 1.807) is 0 Å². The lowest BCUT2D eigenvalue weighted by Gasteiger charge is -2.17. The maximum absolute atomic E-state index is 8.68. The summed E-state index contributed by atoms with van der Waals surface area (Å²) < 4.78 is 5.28. The van der Waals surface area contributed by atoms with Crippen molar-refractivity contribution >= 4 is 0 Å². The Balaban J connectivity index is 0.000000412. The molecule has 0 radical (unpaired) electrons. The van der Waals surface area contributed by atoms with Crippen LogP contribution in [-0.4, -0.2) is 35.8 Å². The van der Waals surface area contributed by atoms with E-state index >= 15 is 0 Å². The highest BCUT2D eigenvalue weighted by Gasteiger charge is 2.07. The second kappa shape index (κ2) is 14.9. The summed E-state index contributed by atoms with van der Waals surface area (Å²) in [6, 6.07) is 9.37. The Morgan fingerprint density at radius 3 is 2.36 bits per heavy atom. The Labute approximate surface area is 134 Å². The van der Waals surface area contributed by atoms with E-state index in [-0.39, 0.29) is 12.6 Å². The highest BCUT2D eigenvalue weighted by atomic mass is 17.1. The van der Waals surface area contributed by atoms with Gasteiger partial charge in [0.25, 0.3) is 0 Å². The first-order valence-electron chi connectivity index (χ1n) is 8.07. The molecule has 5 nitrogen and oxygen atoms in total. The predicted molar refractivity (Wildman–Crippen MR) is 88.1 cm³/mol. The molecule has 5 heteroatoms. The van der Waals surface area contributed by atoms with Crippen LogP contribution in [0.5, 0.6) is 0 Å². The van der Waals surface area contributed by atoms with Gasteiger partial charge >= 0.3 is 0 Å². The molecule has 0 bridgehead atoms. The van der Waals surface area contributed by atoms with E-state index in [4.69, 9.17) is 15.2 Å². The summed E-state index contributed by atoms with van der Waals surface area (Å²) >= 11 is 0. The zero-order chi connectivity index (χ0) is 16.6. The maximum Gasteiger partial charge on any atom is 0.0998 e. The predicted octanol–water partition coefficient (Wildman–Crippen LogP) is 3.67. The van der Waals surface area contributed by atoms with Crippen LogP contribution in [0.15, 0.2) is 30.3 Å². The van der Waals surface area contributed by atoms with E-state index in [0.717, 1.165) is 12.2 Å². The van der Waals surface area contributed by atoms with Gasteiger partial charge in [-0.05, 0) is 38.2 Å². The summed E-state index contributed by atoms with van der Waals surface area (Å²) in [5, 5.41) is 16.9. The molecule has 2 atom stereocenters. The highest BCUT2D eigenvalue weighted by Crippen LogP contribution is 2.10. The largest absolute Gasteiger partial charge is 0.379 e. The minimum atomic E-state index is -0.285. The molecule has 22 heavy (non-hydrogen) atoms. The van der Waals surface area contributed by atoms with Crippen molar-refractivity contribution in [1.82, 2.24) is 5.48 Å². The summed E-state index contributed by atoms with van der Waals surface area (Å²) in [5.74, 6) is 0. The summed E-state index contributed by atoms with van der Waals surface area (Å²) in [5.41, 5.74) is 3.14. The molecule has 1 heterocycles. The number of rotatable bonds is 5. The van der Waals surface area contributed by atoms with E-state index in [1.807, 2.05) is 44.2 Å². The van der Waals surface area contributed by atoms with Crippen LogP contribution in [0, 0.1) is 0 Å². The quantitative estimate of drug-likeness (QED) is 0.571. The Morgan fingerprint density at radius 1 is 1.27 bits per heavy atom. The van der Waals surface area contributed by atoms with Gasteiger partial charge in [0.05, 0.1) is 18.8 Å². The van der Waals surface area contributed by atoms with Gasteiger partial charge in [0.2, 0.25) is 0 Å². The standard InChI is InChI=1S/C9H13NO3.C6H12O.C2H6/c11-10-9(7-13-12)6-8-4-2-1-3-5-8;1-6-4-2-3-5-7-6;1-2/h1-5,9-12H,6-7H2;6H,2-5H2,1H3;1-2H3/t9-;6-;/m01./s1. The van der Waals surface area contributed by atoms with E-state index < -0.39 is 0 Å². The second-order valence-corrected chi connectivity index (χ2v) is 4.99. The van der Waals surface area contributed by atoms with E-state index in [9.17, 15) is 0 Å². The smallest absolute Gasteiger partial charge is 0.0998 e. The van der Waals surface area contributed by atoms with Gasteiger partial charge < -0.3 is 9.94 Å². The first-order valence-corrected chi connectivity index (χ1v) is 8.07. The molecule has 0 amide bonds. The van der Waals surface area contributed by atoms with Crippen molar-refractivity contribution in [3.63, 3.8) is 0 Å². The molecule has 0 saturated carbocycles. The van der Waals surface area contributed by atoms with Crippen molar-refractivity contribution in [2.75, 3.05) is 13.2 Å². The summed E-state index contributed by atoms with van der Waals surface area (Å²) in [4.78, 5) is 3.94. The fourth-order valence-corrected chi connectivity index (χ4v) is 2.03. The Kier molecular flexibility index (Phi) is 14.3. The lowest BCUT2D eigenvalue weighted by atomic mass is 10.1. The molecule has 1 aromatic rings. The van der Waals surface area contributed by atoms with Crippen LogP contribution in [0.25, 0.3) is 0 Å². The van der Waals surface area contributed by atoms with Crippen LogP contribution in [-0.2, 0) is 16.0 Å². The number of hydrogen-bond donors (Lipinski definition) is 3. The van der Waals surface area contributed by atoms with Crippen molar-refractivity contribution < 1.29 is 20.1 Å². The molecule has 0 aliphatic carbocycles. The third kappa shape index (κ3) is 10.7. The molecule has 1 aromatic carbocycles. The van der Waals surface area contributed by atoms with Crippen LogP contribution in [0.3, 0.4) is 0 Å². The molecular formula is C17H31NO4. The minimum absolute atomic E-state index is 0.0609. The molecule has 128 valence electrons. The third-order valence-corrected chi connectivity index (χ3v) is 3.19. The van der Waals surface area contributed by atoms with Crippen LogP contribution >= 0.6 is 0 Å². The number of hydrogen-bond acceptors (Lipinski definition) is 5. The topological polar surface area (TPSA) is 71.0 Å². The summed E-state index contributed by atoms with van der Waals surface area (Å²) in [7, 11) is 0. The van der Waals surface area contributed by atoms with Gasteiger partial charge in [0.1, 0.15) is 0 Å². The van der Waals surface area contributed by atoms with Crippen molar-refractivity contribution in [3.8, 4) is 0 Å². The number of benzene rings is 1. The SMILES string of the molecule is CC.C[C@@H]1CCCCO1.ON[C@H](COO)Cc1ccccc1. The van der Waals surface area contributed by atoms with Gasteiger partial charge in [-0.1, -0.05) is 44.2 Å². The molecule has 0 spiro atoms. The van der Waals surface area contributed by atoms with Crippen molar-refractivity contribution in [1.29, 1.82) is 0 Å². The first-order chi connectivity index (χ1) is 10.8. The van der Waals surface area contributed by atoms with E-state index in [0.29, 0.717) is 12.5 Å². The van der Waals surface area contributed by atoms with Crippen LogP contribution in [0.4, 0.5) is 0 Å². The monoisotopic (exact) mass is 313 g/mol. The van der Waals surface area contributed by atoms with Gasteiger partial charge in [0, 0.05) is 6.61 Å². The molecule has 1 fully saturated rings. The zero-order valence-corrected chi connectivity index (χ0v) is 14.0. The molecule has 1 aliphatic rings. The lowest BCUT2D eigenvalue weighted by Crippen LogP contribution is -2.32. The zero-order valence-electron chi connectivity index (χ0n) is 14.0. The van der Waals surface area contributed by atoms with Gasteiger partial charge in [0.15, 0.2) is 0 Å². The fraction of sp³-hybridized carbons (Fsp3) is 0.647. The van der Waals surface area contributed by atoms with E-state index in [1.165, 1.54) is 19.3 Å². The highest BCUT2D eigenvalue weighted by molar-refractivity contribution is 5.15. The minimum Gasteiger partial charge on any atom is -0.379 e. The first kappa shape index (κ1) is 21.0. The Bertz CT molecular complexity index is 329. The van der Waals surface area contributed by atoms with Gasteiger partial charge in [-0.25, -0.2) is 4.89 Å². The Hall–Kier alpha value is -0.980. The molecule has 3 N–H and O–H groups in total. The normalized spacial score (nSPS) is 18.3. The summed E-state index contributed by atoms with van der Waals surface area (Å²) in [6.07, 6.45) is 5.04. The average Bonchev–Trinajstić information content (AvgIpc) is 2.58. The molecule has 0 unspecified atom stereocenters. The van der Waals surface area contributed by atoms with Crippen LogP contribution < -0.4 is 5.48 Å². The third-order valence-electron chi connectivity index (χ3n) is 3.19. The summed E-state index contributed by atoms with van der Waals surface area (Å²) in [6.45, 7) is 7.19. The van der Waals surface area contributed by atoms with Crippen molar-refractivity contribution in [2.45, 2.75) is 58.6 Å². The van der Waals surface area contributed by atoms with E-state index in [2.05, 4.69) is 17.3 Å². The molecule has 1 aliphatic heterocycles. The number of hydroxylamine groups is 1. The lowest BCUT2D eigenvalue weighted by molar-refractivity contribution is -0.250. The van der Waals surface area contributed by atoms with Gasteiger partial charge in [-0.2, -0.15) is 5.48 Å². The molecular weight excluding hydrogens is 282 g/mol. The second-order valence-electron chi connectivity index (χ2n) is 4.99. The van der Waals surface area contributed by atoms with Crippen molar-refractivity contribution in [3.05, 3.63) is 35.9 Å². The van der Waals surface area contributed by atoms with Crippen LogP contribution in [0.1, 0.15) is 45.6 Å². The van der Waals surface area contributed by atoms with Crippen molar-refractivity contribution in [2.24, 2.45) is 0 Å². The molecule has 0 aromatic heterocycles. The van der Waals surface area contributed by atoms with Crippen LogP contribution in [0.2, 0.25) is 0 Å². The number of ether oxygens (including phenoxy) is 1. The van der Waals surface area contributed by atoms with Gasteiger partial charge in [-0.3, -0.25) is 5.26 Å². The molecule has 1 saturated heterocycles. The maximum atomic E-state index is 8.68. The average molecular weight is 313 g/mol. The molecule has 2 rings (SSSR count). The number of nitrogens with one attached hydrogen (secondary N) is 1. The fourth-order valence-electron chi connectivity index (χ4n) is 2.03.